The number of aryl methyl sites for hydroxylation is 1. The molecule has 2 unspecified atom stereocenters. The second-order valence-electron chi connectivity index (χ2n) is 6.34. The average Bonchev–Trinajstić information content (AvgIpc) is 3.41. The first-order valence-electron chi connectivity index (χ1n) is 8.58. The molecule has 2 N–H and O–H groups in total. The fourth-order valence-electron chi connectivity index (χ4n) is 2.76. The summed E-state index contributed by atoms with van der Waals surface area (Å²) in [6, 6.07) is 12.5. The molecule has 2 aromatic carbocycles. The van der Waals surface area contributed by atoms with Crippen molar-refractivity contribution in [1.29, 1.82) is 0 Å². The predicted octanol–water partition coefficient (Wildman–Crippen LogP) is 4.26. The smallest absolute Gasteiger partial charge is 0.228 e. The summed E-state index contributed by atoms with van der Waals surface area (Å²) >= 11 is 5.97. The number of hydrogen-bond donors (Lipinski definition) is 2. The lowest BCUT2D eigenvalue weighted by molar-refractivity contribution is -0.122. The predicted molar refractivity (Wildman–Crippen MR) is 103 cm³/mol. The third-order valence-corrected chi connectivity index (χ3v) is 4.59. The Morgan fingerprint density at radius 2 is 1.73 bits per heavy atom. The van der Waals surface area contributed by atoms with Gasteiger partial charge in [0.25, 0.3) is 0 Å². The van der Waals surface area contributed by atoms with Crippen LogP contribution in [0, 0.1) is 18.8 Å². The van der Waals surface area contributed by atoms with E-state index in [2.05, 4.69) is 10.6 Å². The van der Waals surface area contributed by atoms with E-state index < -0.39 is 0 Å². The van der Waals surface area contributed by atoms with Gasteiger partial charge in [-0.3, -0.25) is 9.59 Å². The van der Waals surface area contributed by atoms with Gasteiger partial charge in [-0.15, -0.1) is 0 Å². The second kappa shape index (κ2) is 7.79. The Morgan fingerprint density at radius 3 is 2.38 bits per heavy atom. The number of hydrogen-bond acceptors (Lipinski definition) is 3. The Kier molecular flexibility index (Phi) is 5.47. The second-order valence-corrected chi connectivity index (χ2v) is 6.78. The van der Waals surface area contributed by atoms with Crippen molar-refractivity contribution in [3.8, 4) is 5.75 Å². The van der Waals surface area contributed by atoms with Crippen molar-refractivity contribution in [1.82, 2.24) is 0 Å². The maximum atomic E-state index is 12.4. The van der Waals surface area contributed by atoms with Gasteiger partial charge in [-0.05, 0) is 62.2 Å². The van der Waals surface area contributed by atoms with Crippen molar-refractivity contribution in [2.75, 3.05) is 17.2 Å². The first-order valence-corrected chi connectivity index (χ1v) is 8.96. The number of amides is 2. The van der Waals surface area contributed by atoms with Gasteiger partial charge in [0.05, 0.1) is 18.4 Å². The summed E-state index contributed by atoms with van der Waals surface area (Å²) in [5.41, 5.74) is 2.30. The van der Waals surface area contributed by atoms with E-state index in [9.17, 15) is 9.59 Å². The zero-order valence-electron chi connectivity index (χ0n) is 14.7. The van der Waals surface area contributed by atoms with E-state index in [1.165, 1.54) is 0 Å². The molecule has 0 bridgehead atoms. The highest BCUT2D eigenvalue weighted by Gasteiger charge is 2.48. The number of carbonyl (C=O) groups excluding carboxylic acids is 2. The van der Waals surface area contributed by atoms with Crippen LogP contribution in [-0.2, 0) is 9.59 Å². The molecule has 5 nitrogen and oxygen atoms in total. The van der Waals surface area contributed by atoms with Crippen LogP contribution in [-0.4, -0.2) is 18.4 Å². The van der Waals surface area contributed by atoms with Crippen molar-refractivity contribution in [3.63, 3.8) is 0 Å². The molecular weight excluding hydrogens is 352 g/mol. The molecule has 0 radical (unpaired) electrons. The molecule has 2 aromatic rings. The minimum atomic E-state index is -0.309. The fraction of sp³-hybridized carbons (Fsp3) is 0.300. The molecule has 0 aromatic heterocycles. The van der Waals surface area contributed by atoms with E-state index in [4.69, 9.17) is 16.3 Å². The van der Waals surface area contributed by atoms with Crippen LogP contribution >= 0.6 is 11.6 Å². The van der Waals surface area contributed by atoms with Gasteiger partial charge in [0.1, 0.15) is 5.75 Å². The number of nitrogens with one attached hydrogen (secondary N) is 2. The van der Waals surface area contributed by atoms with E-state index in [0.717, 1.165) is 11.3 Å². The highest BCUT2D eigenvalue weighted by atomic mass is 35.5. The zero-order chi connectivity index (χ0) is 18.7. The topological polar surface area (TPSA) is 67.4 Å². The lowest BCUT2D eigenvalue weighted by atomic mass is 10.2. The Hall–Kier alpha value is -2.53. The van der Waals surface area contributed by atoms with Crippen LogP contribution in [0.25, 0.3) is 0 Å². The number of halogens is 1. The summed E-state index contributed by atoms with van der Waals surface area (Å²) < 4.78 is 5.37. The van der Waals surface area contributed by atoms with Crippen LogP contribution < -0.4 is 15.4 Å². The first kappa shape index (κ1) is 18.3. The maximum Gasteiger partial charge on any atom is 0.228 e. The molecular formula is C20H21ClN2O3. The summed E-state index contributed by atoms with van der Waals surface area (Å²) in [5.74, 6) is -0.150. The summed E-state index contributed by atoms with van der Waals surface area (Å²) in [5, 5.41) is 6.27. The van der Waals surface area contributed by atoms with Crippen molar-refractivity contribution >= 4 is 34.8 Å². The number of ether oxygens (including phenoxy) is 1. The van der Waals surface area contributed by atoms with Crippen LogP contribution in [0.15, 0.2) is 42.5 Å². The lowest BCUT2D eigenvalue weighted by Crippen LogP contribution is -2.20. The molecule has 0 aliphatic heterocycles. The van der Waals surface area contributed by atoms with E-state index >= 15 is 0 Å². The minimum Gasteiger partial charge on any atom is -0.494 e. The molecule has 3 rings (SSSR count). The lowest BCUT2D eigenvalue weighted by Gasteiger charge is -2.09. The normalized spacial score (nSPS) is 18.1. The SMILES string of the molecule is CCOc1ccc(NC(=O)C2CC2C(=O)Nc2cc(Cl)ccc2C)cc1. The molecule has 1 aliphatic rings. The van der Waals surface area contributed by atoms with Gasteiger partial charge in [0.2, 0.25) is 11.8 Å². The Balaban J connectivity index is 1.54. The molecule has 0 spiro atoms. The van der Waals surface area contributed by atoms with Crippen molar-refractivity contribution in [2.24, 2.45) is 11.8 Å². The third kappa shape index (κ3) is 4.35. The highest BCUT2D eigenvalue weighted by Crippen LogP contribution is 2.40. The van der Waals surface area contributed by atoms with Crippen molar-refractivity contribution in [2.45, 2.75) is 20.3 Å². The van der Waals surface area contributed by atoms with Crippen LogP contribution in [0.5, 0.6) is 5.75 Å². The molecule has 2 amide bonds. The summed E-state index contributed by atoms with van der Waals surface area (Å²) in [6.45, 7) is 4.41. The molecule has 1 aliphatic carbocycles. The van der Waals surface area contributed by atoms with Crippen LogP contribution in [0.2, 0.25) is 5.02 Å². The number of anilines is 2. The van der Waals surface area contributed by atoms with Crippen molar-refractivity contribution in [3.05, 3.63) is 53.1 Å². The first-order chi connectivity index (χ1) is 12.5. The van der Waals surface area contributed by atoms with E-state index in [0.29, 0.717) is 29.4 Å². The molecule has 0 heterocycles. The van der Waals surface area contributed by atoms with Gasteiger partial charge >= 0.3 is 0 Å². The van der Waals surface area contributed by atoms with E-state index in [-0.39, 0.29) is 23.7 Å². The molecule has 136 valence electrons. The molecule has 6 heteroatoms. The molecule has 2 atom stereocenters. The number of rotatable bonds is 6. The summed E-state index contributed by atoms with van der Waals surface area (Å²) in [7, 11) is 0. The van der Waals surface area contributed by atoms with Gasteiger partial charge in [-0.1, -0.05) is 17.7 Å². The standard InChI is InChI=1S/C20H21ClN2O3/c1-3-26-15-8-6-14(7-9-15)22-19(24)16-11-17(16)20(25)23-18-10-13(21)5-4-12(18)2/h4-10,16-17H,3,11H2,1-2H3,(H,22,24)(H,23,25). The van der Waals surface area contributed by atoms with E-state index in [1.807, 2.05) is 19.9 Å². The Labute approximate surface area is 157 Å². The average molecular weight is 373 g/mol. The molecule has 0 saturated heterocycles. The zero-order valence-corrected chi connectivity index (χ0v) is 15.5. The van der Waals surface area contributed by atoms with Gasteiger partial charge in [-0.25, -0.2) is 0 Å². The monoisotopic (exact) mass is 372 g/mol. The van der Waals surface area contributed by atoms with Gasteiger partial charge < -0.3 is 15.4 Å². The van der Waals surface area contributed by atoms with Gasteiger partial charge in [0, 0.05) is 16.4 Å². The quantitative estimate of drug-likeness (QED) is 0.796. The summed E-state index contributed by atoms with van der Waals surface area (Å²) in [6.07, 6.45) is 0.550. The molecule has 26 heavy (non-hydrogen) atoms. The Morgan fingerprint density at radius 1 is 1.08 bits per heavy atom. The number of benzene rings is 2. The minimum absolute atomic E-state index is 0.142. The van der Waals surface area contributed by atoms with Crippen LogP contribution in [0.3, 0.4) is 0 Å². The number of carbonyl (C=O) groups is 2. The molecule has 1 fully saturated rings. The highest BCUT2D eigenvalue weighted by molar-refractivity contribution is 6.31. The van der Waals surface area contributed by atoms with Crippen LogP contribution in [0.1, 0.15) is 18.9 Å². The van der Waals surface area contributed by atoms with E-state index in [1.54, 1.807) is 36.4 Å². The molecule has 1 saturated carbocycles. The fourth-order valence-corrected chi connectivity index (χ4v) is 2.94. The van der Waals surface area contributed by atoms with Gasteiger partial charge in [0.15, 0.2) is 0 Å². The van der Waals surface area contributed by atoms with Crippen LogP contribution in [0.4, 0.5) is 11.4 Å². The van der Waals surface area contributed by atoms with Gasteiger partial charge in [-0.2, -0.15) is 0 Å². The maximum absolute atomic E-state index is 12.4. The Bertz CT molecular complexity index is 820. The summed E-state index contributed by atoms with van der Waals surface area (Å²) in [4.78, 5) is 24.7. The largest absolute Gasteiger partial charge is 0.494 e. The third-order valence-electron chi connectivity index (χ3n) is 4.35. The van der Waals surface area contributed by atoms with Crippen molar-refractivity contribution < 1.29 is 14.3 Å².